The van der Waals surface area contributed by atoms with Gasteiger partial charge in [-0.3, -0.25) is 0 Å². The van der Waals surface area contributed by atoms with Crippen LogP contribution in [0.25, 0.3) is 0 Å². The third kappa shape index (κ3) is 2.94. The maximum absolute atomic E-state index is 10.4. The van der Waals surface area contributed by atoms with E-state index in [0.29, 0.717) is 16.9 Å². The molecular weight excluding hydrogens is 356 g/mol. The third-order valence-corrected chi connectivity index (χ3v) is 11.3. The highest BCUT2D eigenvalue weighted by molar-refractivity contribution is 5.24. The fourth-order valence-corrected chi connectivity index (χ4v) is 9.68. The van der Waals surface area contributed by atoms with Crippen molar-refractivity contribution in [2.24, 2.45) is 46.3 Å². The van der Waals surface area contributed by atoms with Crippen molar-refractivity contribution in [1.29, 1.82) is 0 Å². The Balaban J connectivity index is 1.33. The smallest absolute Gasteiger partial charge is 0.103 e. The number of hydrogen-bond acceptors (Lipinski definition) is 2. The lowest BCUT2D eigenvalue weighted by atomic mass is 9.44. The number of ether oxygens (including phenoxy) is 1. The van der Waals surface area contributed by atoms with Gasteiger partial charge in [-0.1, -0.05) is 53.9 Å². The maximum atomic E-state index is 10.4. The summed E-state index contributed by atoms with van der Waals surface area (Å²) in [6.45, 7) is 12.6. The van der Waals surface area contributed by atoms with E-state index in [0.717, 1.165) is 48.3 Å². The van der Waals surface area contributed by atoms with E-state index >= 15 is 0 Å². The molecule has 5 fully saturated rings. The average molecular weight is 403 g/mol. The van der Waals surface area contributed by atoms with Crippen molar-refractivity contribution >= 4 is 0 Å². The summed E-state index contributed by atoms with van der Waals surface area (Å²) in [5.41, 5.74) is 0.932. The highest BCUT2D eigenvalue weighted by Crippen LogP contribution is 2.74. The van der Waals surface area contributed by atoms with Gasteiger partial charge in [0.15, 0.2) is 0 Å². The lowest BCUT2D eigenvalue weighted by molar-refractivity contribution is -0.116. The van der Waals surface area contributed by atoms with Crippen LogP contribution in [0.4, 0.5) is 0 Å². The summed E-state index contributed by atoms with van der Waals surface area (Å²) < 4.78 is 6.51. The number of rotatable bonds is 5. The summed E-state index contributed by atoms with van der Waals surface area (Å²) in [5.74, 6) is 5.31. The zero-order chi connectivity index (χ0) is 20.6. The van der Waals surface area contributed by atoms with Crippen LogP contribution in [0.3, 0.4) is 0 Å². The van der Waals surface area contributed by atoms with Crippen molar-refractivity contribution in [1.82, 2.24) is 0 Å². The molecule has 5 rings (SSSR count). The van der Waals surface area contributed by atoms with Gasteiger partial charge in [-0.05, 0) is 85.9 Å². The fourth-order valence-electron chi connectivity index (χ4n) is 9.68. The Morgan fingerprint density at radius 3 is 2.52 bits per heavy atom. The first-order valence-electron chi connectivity index (χ1n) is 13.1. The van der Waals surface area contributed by atoms with Crippen LogP contribution in [-0.4, -0.2) is 22.9 Å². The Bertz CT molecular complexity index is 630. The fraction of sp³-hybridized carbons (Fsp3) is 1.00. The third-order valence-electron chi connectivity index (χ3n) is 11.3. The molecule has 0 aromatic rings. The predicted octanol–water partition coefficient (Wildman–Crippen LogP) is 6.60. The van der Waals surface area contributed by atoms with Crippen molar-refractivity contribution in [2.75, 3.05) is 0 Å². The molecule has 4 aliphatic carbocycles. The lowest BCUT2D eigenvalue weighted by Crippen LogP contribution is -2.58. The van der Waals surface area contributed by atoms with Gasteiger partial charge in [0.1, 0.15) is 5.60 Å². The first-order valence-corrected chi connectivity index (χ1v) is 13.1. The van der Waals surface area contributed by atoms with Crippen LogP contribution >= 0.6 is 0 Å². The first-order chi connectivity index (χ1) is 13.7. The highest BCUT2D eigenvalue weighted by Gasteiger charge is 2.76. The van der Waals surface area contributed by atoms with Gasteiger partial charge in [-0.15, -0.1) is 0 Å². The molecule has 1 aliphatic heterocycles. The topological polar surface area (TPSA) is 32.8 Å². The molecule has 1 spiro atoms. The normalized spacial score (nSPS) is 54.3. The van der Waals surface area contributed by atoms with E-state index < -0.39 is 0 Å². The van der Waals surface area contributed by atoms with Gasteiger partial charge in [0, 0.05) is 11.8 Å². The second-order valence-corrected chi connectivity index (χ2v) is 13.0. The van der Waals surface area contributed by atoms with Crippen LogP contribution in [-0.2, 0) is 4.74 Å². The Morgan fingerprint density at radius 2 is 1.76 bits per heavy atom. The van der Waals surface area contributed by atoms with E-state index in [4.69, 9.17) is 4.74 Å². The van der Waals surface area contributed by atoms with Gasteiger partial charge >= 0.3 is 0 Å². The number of hydrogen-bond donors (Lipinski definition) is 1. The summed E-state index contributed by atoms with van der Waals surface area (Å²) in [5, 5.41) is 10.4. The summed E-state index contributed by atoms with van der Waals surface area (Å²) in [6.07, 6.45) is 14.8. The average Bonchev–Trinajstić information content (AvgIpc) is 3.22. The van der Waals surface area contributed by atoms with Crippen LogP contribution in [0.15, 0.2) is 0 Å². The molecule has 3 unspecified atom stereocenters. The van der Waals surface area contributed by atoms with Gasteiger partial charge in [0.25, 0.3) is 0 Å². The second kappa shape index (κ2) is 6.96. The van der Waals surface area contributed by atoms with Gasteiger partial charge in [0.05, 0.1) is 12.2 Å². The minimum absolute atomic E-state index is 0.0434. The van der Waals surface area contributed by atoms with E-state index in [9.17, 15) is 5.11 Å². The summed E-state index contributed by atoms with van der Waals surface area (Å²) >= 11 is 0. The largest absolute Gasteiger partial charge is 0.393 e. The number of aliphatic hydroxyl groups is 1. The van der Waals surface area contributed by atoms with Crippen molar-refractivity contribution in [3.8, 4) is 0 Å². The Kier molecular flexibility index (Phi) is 4.99. The molecule has 29 heavy (non-hydrogen) atoms. The molecule has 0 radical (unpaired) electrons. The number of epoxide rings is 1. The zero-order valence-electron chi connectivity index (χ0n) is 19.8. The quantitative estimate of drug-likeness (QED) is 0.525. The molecule has 1 heterocycles. The molecule has 0 amide bonds. The Morgan fingerprint density at radius 1 is 0.966 bits per heavy atom. The standard InChI is InChI=1S/C27H46O2/c1-17(2)7-6-8-18(3)21-9-10-22-20-15-24-27(29-24)16-19(28)11-14-26(27,5)23(20)12-13-25(21,22)4/h17-24,28H,6-16H2,1-5H3/t18-,19+,20?,21-,22?,23?,24-,25-,26-,27-/m1/s1. The van der Waals surface area contributed by atoms with Crippen LogP contribution in [0.1, 0.15) is 105 Å². The van der Waals surface area contributed by atoms with Crippen molar-refractivity contribution in [3.05, 3.63) is 0 Å². The Hall–Kier alpha value is -0.0800. The van der Waals surface area contributed by atoms with Crippen LogP contribution < -0.4 is 0 Å². The molecule has 2 heteroatoms. The van der Waals surface area contributed by atoms with E-state index in [2.05, 4.69) is 34.6 Å². The Labute approximate surface area is 179 Å². The molecule has 0 aromatic heterocycles. The van der Waals surface area contributed by atoms with E-state index in [1.54, 1.807) is 0 Å². The predicted molar refractivity (Wildman–Crippen MR) is 119 cm³/mol. The van der Waals surface area contributed by atoms with E-state index in [-0.39, 0.29) is 11.7 Å². The van der Waals surface area contributed by atoms with Crippen molar-refractivity contribution in [3.63, 3.8) is 0 Å². The second-order valence-electron chi connectivity index (χ2n) is 13.0. The van der Waals surface area contributed by atoms with Crippen LogP contribution in [0, 0.1) is 46.3 Å². The molecule has 1 saturated heterocycles. The first kappa shape index (κ1) is 20.8. The molecular formula is C27H46O2. The van der Waals surface area contributed by atoms with Gasteiger partial charge < -0.3 is 9.84 Å². The maximum Gasteiger partial charge on any atom is 0.103 e. The summed E-state index contributed by atoms with van der Waals surface area (Å²) in [4.78, 5) is 0. The molecule has 166 valence electrons. The highest BCUT2D eigenvalue weighted by atomic mass is 16.6. The summed E-state index contributed by atoms with van der Waals surface area (Å²) in [7, 11) is 0. The van der Waals surface area contributed by atoms with Crippen LogP contribution in [0.2, 0.25) is 0 Å². The number of aliphatic hydroxyl groups excluding tert-OH is 1. The van der Waals surface area contributed by atoms with E-state index in [1.165, 1.54) is 57.8 Å². The summed E-state index contributed by atoms with van der Waals surface area (Å²) in [6, 6.07) is 0. The minimum atomic E-state index is -0.124. The van der Waals surface area contributed by atoms with E-state index in [1.807, 2.05) is 0 Å². The SMILES string of the molecule is CC(C)CCC[C@@H](C)[C@H]1CCC2C3C[C@H]4O[C@]45C[C@@H](O)CC[C@]5(C)C3CC[C@@]21C. The molecule has 0 aromatic carbocycles. The van der Waals surface area contributed by atoms with Crippen molar-refractivity contribution in [2.45, 2.75) is 123 Å². The lowest BCUT2D eigenvalue weighted by Gasteiger charge is -2.59. The number of fused-ring (bicyclic) bond motifs is 4. The molecule has 2 nitrogen and oxygen atoms in total. The van der Waals surface area contributed by atoms with Gasteiger partial charge in [-0.2, -0.15) is 0 Å². The molecule has 4 saturated carbocycles. The molecule has 10 atom stereocenters. The minimum Gasteiger partial charge on any atom is -0.393 e. The molecule has 1 N–H and O–H groups in total. The monoisotopic (exact) mass is 402 g/mol. The zero-order valence-corrected chi connectivity index (χ0v) is 19.8. The molecule has 0 bridgehead atoms. The van der Waals surface area contributed by atoms with Crippen LogP contribution in [0.5, 0.6) is 0 Å². The molecule has 5 aliphatic rings. The van der Waals surface area contributed by atoms with Gasteiger partial charge in [0.2, 0.25) is 0 Å². The van der Waals surface area contributed by atoms with Gasteiger partial charge in [-0.25, -0.2) is 0 Å². The van der Waals surface area contributed by atoms with Crippen molar-refractivity contribution < 1.29 is 9.84 Å².